The second-order valence-electron chi connectivity index (χ2n) is 24.8. The zero-order valence-corrected chi connectivity index (χ0v) is 65.6. The van der Waals surface area contributed by atoms with Gasteiger partial charge in [0.15, 0.2) is 12.2 Å². The molecule has 17 nitrogen and oxygen atoms in total. The van der Waals surface area contributed by atoms with Crippen LogP contribution in [0.3, 0.4) is 0 Å². The molecular formula is C85H134O17P2. The molecule has 19 heteroatoms. The van der Waals surface area contributed by atoms with Gasteiger partial charge in [-0.3, -0.25) is 37.3 Å². The van der Waals surface area contributed by atoms with Crippen molar-refractivity contribution in [3.63, 3.8) is 0 Å². The Kier molecular flexibility index (Phi) is 70.7. The zero-order valence-electron chi connectivity index (χ0n) is 63.9. The Labute approximate surface area is 627 Å². The van der Waals surface area contributed by atoms with Crippen LogP contribution >= 0.6 is 15.6 Å². The van der Waals surface area contributed by atoms with Gasteiger partial charge in [0.05, 0.1) is 32.8 Å². The van der Waals surface area contributed by atoms with Gasteiger partial charge in [-0.05, 0) is 161 Å². The zero-order chi connectivity index (χ0) is 76.0. The van der Waals surface area contributed by atoms with Gasteiger partial charge in [-0.1, -0.05) is 267 Å². The molecule has 0 aromatic rings. The quantitative estimate of drug-likeness (QED) is 0.0169. The largest absolute Gasteiger partial charge is 0.472 e. The van der Waals surface area contributed by atoms with Crippen molar-refractivity contribution in [3.05, 3.63) is 194 Å². The molecule has 0 aromatic carbocycles. The Morgan fingerprint density at radius 2 is 0.510 bits per heavy atom. The molecule has 0 aliphatic heterocycles. The number of esters is 4. The maximum absolute atomic E-state index is 13.1. The van der Waals surface area contributed by atoms with Gasteiger partial charge in [0.2, 0.25) is 0 Å². The molecule has 0 aliphatic carbocycles. The third-order valence-corrected chi connectivity index (χ3v) is 17.0. The second-order valence-corrected chi connectivity index (χ2v) is 27.7. The van der Waals surface area contributed by atoms with E-state index in [2.05, 4.69) is 198 Å². The molecule has 3 N–H and O–H groups in total. The summed E-state index contributed by atoms with van der Waals surface area (Å²) in [4.78, 5) is 72.9. The van der Waals surface area contributed by atoms with E-state index >= 15 is 0 Å². The Hall–Kier alpha value is -6.10. The number of carbonyl (C=O) groups is 4. The van der Waals surface area contributed by atoms with Crippen LogP contribution in [0.25, 0.3) is 0 Å². The van der Waals surface area contributed by atoms with Gasteiger partial charge in [0.25, 0.3) is 0 Å². The van der Waals surface area contributed by atoms with Crippen LogP contribution in [0.5, 0.6) is 0 Å². The number of aliphatic hydroxyl groups excluding tert-OH is 1. The van der Waals surface area contributed by atoms with Gasteiger partial charge in [-0.2, -0.15) is 0 Å². The van der Waals surface area contributed by atoms with E-state index in [4.69, 9.17) is 37.0 Å². The minimum absolute atomic E-state index is 0.0588. The van der Waals surface area contributed by atoms with Crippen molar-refractivity contribution in [2.75, 3.05) is 39.6 Å². The smallest absolute Gasteiger partial charge is 0.462 e. The van der Waals surface area contributed by atoms with Crippen molar-refractivity contribution in [1.82, 2.24) is 0 Å². The number of allylic oxidation sites excluding steroid dienone is 31. The molecule has 5 unspecified atom stereocenters. The summed E-state index contributed by atoms with van der Waals surface area (Å²) in [5, 5.41) is 10.6. The highest BCUT2D eigenvalue weighted by Crippen LogP contribution is 2.45. The summed E-state index contributed by atoms with van der Waals surface area (Å²) < 4.78 is 68.4. The van der Waals surface area contributed by atoms with E-state index < -0.39 is 97.5 Å². The van der Waals surface area contributed by atoms with Crippen LogP contribution in [0, 0.1) is 0 Å². The second kappa shape index (κ2) is 75.1. The third kappa shape index (κ3) is 74.2. The number of aliphatic hydroxyl groups is 1. The Morgan fingerprint density at radius 3 is 0.808 bits per heavy atom. The lowest BCUT2D eigenvalue weighted by Gasteiger charge is -2.21. The minimum Gasteiger partial charge on any atom is -0.462 e. The average Bonchev–Trinajstić information content (AvgIpc) is 1.21. The first-order valence-corrected chi connectivity index (χ1v) is 41.7. The van der Waals surface area contributed by atoms with Crippen LogP contribution in [0.15, 0.2) is 194 Å². The third-order valence-electron chi connectivity index (χ3n) is 15.1. The van der Waals surface area contributed by atoms with Gasteiger partial charge >= 0.3 is 39.5 Å². The van der Waals surface area contributed by atoms with Crippen molar-refractivity contribution in [1.29, 1.82) is 0 Å². The number of hydrogen-bond donors (Lipinski definition) is 3. The van der Waals surface area contributed by atoms with Crippen molar-refractivity contribution in [2.24, 2.45) is 0 Å². The molecule has 0 aliphatic rings. The Morgan fingerprint density at radius 1 is 0.279 bits per heavy atom. The summed E-state index contributed by atoms with van der Waals surface area (Å²) in [5.74, 6) is -2.42. The molecule has 0 spiro atoms. The molecule has 0 heterocycles. The average molecular weight is 1490 g/mol. The molecule has 0 aromatic heterocycles. The first-order valence-electron chi connectivity index (χ1n) is 38.7. The Bertz CT molecular complexity index is 2740. The fourth-order valence-corrected chi connectivity index (χ4v) is 10.9. The van der Waals surface area contributed by atoms with E-state index in [1.54, 1.807) is 12.2 Å². The van der Waals surface area contributed by atoms with Crippen molar-refractivity contribution < 1.29 is 80.2 Å². The van der Waals surface area contributed by atoms with Gasteiger partial charge in [-0.25, -0.2) is 9.13 Å². The molecule has 104 heavy (non-hydrogen) atoms. The summed E-state index contributed by atoms with van der Waals surface area (Å²) in [7, 11) is -10.0. The van der Waals surface area contributed by atoms with Crippen molar-refractivity contribution in [3.8, 4) is 0 Å². The highest BCUT2D eigenvalue weighted by atomic mass is 31.2. The molecule has 586 valence electrons. The number of phosphoric acid groups is 2. The molecule has 0 fully saturated rings. The lowest BCUT2D eigenvalue weighted by atomic mass is 10.1. The van der Waals surface area contributed by atoms with Gasteiger partial charge < -0.3 is 33.8 Å². The summed E-state index contributed by atoms with van der Waals surface area (Å²) in [6, 6.07) is 0. The van der Waals surface area contributed by atoms with E-state index in [1.807, 2.05) is 12.2 Å². The van der Waals surface area contributed by atoms with E-state index in [-0.39, 0.29) is 25.7 Å². The van der Waals surface area contributed by atoms with Gasteiger partial charge in [0.1, 0.15) is 19.3 Å². The minimum atomic E-state index is -5.02. The molecule has 0 bridgehead atoms. The van der Waals surface area contributed by atoms with Crippen LogP contribution in [0.2, 0.25) is 0 Å². The predicted octanol–water partition coefficient (Wildman–Crippen LogP) is 22.5. The SMILES string of the molecule is CC/C=C\C/C=C\C/C=C\C/C=C\C/C=C\CC(=O)OC(COC(=O)CCCCCC/C=C\C/C=C\C/C=C\C/C=C\CC)COP(=O)(O)OCC(O)COP(=O)(O)OCC(COC(=O)CCCCCC/C=C\C/C=C\C/C=C\C/C=C\CC)OC(=O)CCCCCCC/C=C\C/C=C\C/C=C\CC. The first kappa shape index (κ1) is 97.9. The molecule has 0 saturated carbocycles. The summed E-state index contributed by atoms with van der Waals surface area (Å²) >= 11 is 0. The van der Waals surface area contributed by atoms with E-state index in [1.165, 1.54) is 0 Å². The highest BCUT2D eigenvalue weighted by molar-refractivity contribution is 7.47. The highest BCUT2D eigenvalue weighted by Gasteiger charge is 2.30. The predicted molar refractivity (Wildman–Crippen MR) is 426 cm³/mol. The molecule has 5 atom stereocenters. The van der Waals surface area contributed by atoms with Crippen LogP contribution < -0.4 is 0 Å². The maximum atomic E-state index is 13.1. The number of rotatable bonds is 70. The number of carbonyl (C=O) groups excluding carboxylic acids is 4. The van der Waals surface area contributed by atoms with Crippen LogP contribution in [-0.4, -0.2) is 96.7 Å². The normalized spacial score (nSPS) is 15.0. The summed E-state index contributed by atoms with van der Waals surface area (Å²) in [5.41, 5.74) is 0. The maximum Gasteiger partial charge on any atom is 0.472 e. The number of ether oxygens (including phenoxy) is 4. The topological polar surface area (TPSA) is 237 Å². The van der Waals surface area contributed by atoms with Crippen molar-refractivity contribution in [2.45, 2.75) is 277 Å². The van der Waals surface area contributed by atoms with Crippen molar-refractivity contribution >= 4 is 39.5 Å². The number of hydrogen-bond acceptors (Lipinski definition) is 15. The molecule has 0 radical (unpaired) electrons. The fourth-order valence-electron chi connectivity index (χ4n) is 9.35. The van der Waals surface area contributed by atoms with Crippen LogP contribution in [0.4, 0.5) is 0 Å². The molecule has 0 rings (SSSR count). The van der Waals surface area contributed by atoms with Crippen LogP contribution in [-0.2, 0) is 65.4 Å². The fraction of sp³-hybridized carbons (Fsp3) is 0.576. The van der Waals surface area contributed by atoms with Gasteiger partial charge in [-0.15, -0.1) is 0 Å². The van der Waals surface area contributed by atoms with Crippen LogP contribution in [0.1, 0.15) is 259 Å². The summed E-state index contributed by atoms with van der Waals surface area (Å²) in [6.45, 7) is 4.19. The van der Waals surface area contributed by atoms with E-state index in [0.717, 1.165) is 180 Å². The lowest BCUT2D eigenvalue weighted by Crippen LogP contribution is -2.30. The lowest BCUT2D eigenvalue weighted by molar-refractivity contribution is -0.161. The van der Waals surface area contributed by atoms with Gasteiger partial charge in [0, 0.05) is 19.3 Å². The number of phosphoric ester groups is 2. The molecule has 0 saturated heterocycles. The number of unbranched alkanes of at least 4 members (excludes halogenated alkanes) is 13. The monoisotopic (exact) mass is 1490 g/mol. The van der Waals surface area contributed by atoms with E-state index in [0.29, 0.717) is 25.7 Å². The first-order chi connectivity index (χ1) is 50.7. The Balaban J connectivity index is 5.51. The standard InChI is InChI=1S/C85H134O17P2/c1-5-9-13-17-21-25-29-33-37-39-43-45-49-53-57-61-65-69-82(87)95-75-80(101-84(89)71-67-63-59-55-51-47-41-35-31-27-23-19-15-11-7-3)77-99-103(91,92)97-73-79(86)74-98-104(93,94)100-78-81(102-85(90)72-68-64-60-56-52-48-42-36-32-28-24-20-16-12-8-4)76-96-83(88)70-66-62-58-54-50-46-44-40-38-34-30-26-22-18-14-10-6-2/h9-16,21-28,33-38,41-46,51,55,63,67,79-81,86H,5-8,17-20,29-32,39-40,47-50,52-54,56-62,64-66,68-78H2,1-4H3,(H,91,92)(H,93,94)/b13-9-,14-10-,15-11-,16-12-,25-21-,26-22-,27-23-,28-24-,37-33-,38-34-,41-35-,42-36-,45-43-,46-44-,55-51-,67-63-. The summed E-state index contributed by atoms with van der Waals surface area (Å²) in [6.07, 6.45) is 91.6. The molecular weight excluding hydrogens is 1350 g/mol. The molecule has 0 amide bonds. The van der Waals surface area contributed by atoms with E-state index in [9.17, 15) is 43.2 Å².